The third kappa shape index (κ3) is 3.50. The molecule has 0 bridgehead atoms. The van der Waals surface area contributed by atoms with Gasteiger partial charge in [0, 0.05) is 19.0 Å². The van der Waals surface area contributed by atoms with E-state index in [1.54, 1.807) is 18.2 Å². The maximum atomic E-state index is 13.1. The van der Waals surface area contributed by atoms with Crippen LogP contribution in [0.25, 0.3) is 10.9 Å². The SMILES string of the molecule is O=c1[nH]c(CNCC2CNNC2c2ccc(F)cc2)nc2ccccc12. The normalized spacial score (nSPS) is 19.9. The van der Waals surface area contributed by atoms with Crippen molar-refractivity contribution in [3.05, 3.63) is 76.1 Å². The number of fused-ring (bicyclic) bond motifs is 1. The fraction of sp³-hybridized carbons (Fsp3) is 0.263. The molecule has 26 heavy (non-hydrogen) atoms. The Morgan fingerprint density at radius 1 is 1.15 bits per heavy atom. The standard InChI is InChI=1S/C19H20FN5O/c20-14-7-5-12(6-8-14)18-13(10-22-25-18)9-21-11-17-23-16-4-2-1-3-15(16)19(26)24-17/h1-8,13,18,21-22,25H,9-11H2,(H,23,24,26). The molecule has 7 heteroatoms. The molecule has 1 aliphatic rings. The summed E-state index contributed by atoms with van der Waals surface area (Å²) in [6, 6.07) is 14.0. The highest BCUT2D eigenvalue weighted by Crippen LogP contribution is 2.24. The van der Waals surface area contributed by atoms with Gasteiger partial charge >= 0.3 is 0 Å². The first-order valence-electron chi connectivity index (χ1n) is 8.63. The lowest BCUT2D eigenvalue weighted by atomic mass is 9.95. The van der Waals surface area contributed by atoms with Crippen LogP contribution in [0.4, 0.5) is 4.39 Å². The Bertz CT molecular complexity index is 956. The molecule has 0 spiro atoms. The fourth-order valence-electron chi connectivity index (χ4n) is 3.35. The number of hydrogen-bond donors (Lipinski definition) is 4. The third-order valence-electron chi connectivity index (χ3n) is 4.68. The van der Waals surface area contributed by atoms with E-state index in [9.17, 15) is 9.18 Å². The molecule has 2 unspecified atom stereocenters. The quantitative estimate of drug-likeness (QED) is 0.560. The number of hydrazine groups is 1. The minimum Gasteiger partial charge on any atom is -0.309 e. The topological polar surface area (TPSA) is 81.8 Å². The molecule has 4 N–H and O–H groups in total. The van der Waals surface area contributed by atoms with Crippen molar-refractivity contribution in [1.82, 2.24) is 26.1 Å². The molecular formula is C19H20FN5O. The molecule has 2 heterocycles. The van der Waals surface area contributed by atoms with Crippen LogP contribution in [0, 0.1) is 11.7 Å². The molecule has 4 rings (SSSR count). The number of hydrogen-bond acceptors (Lipinski definition) is 5. The number of H-pyrrole nitrogens is 1. The van der Waals surface area contributed by atoms with E-state index in [2.05, 4.69) is 26.1 Å². The summed E-state index contributed by atoms with van der Waals surface area (Å²) in [5.74, 6) is 0.680. The van der Waals surface area contributed by atoms with Crippen molar-refractivity contribution < 1.29 is 4.39 Å². The highest BCUT2D eigenvalue weighted by molar-refractivity contribution is 5.77. The minimum absolute atomic E-state index is 0.103. The van der Waals surface area contributed by atoms with Crippen LogP contribution in [0.3, 0.4) is 0 Å². The van der Waals surface area contributed by atoms with Gasteiger partial charge in [0.05, 0.1) is 23.5 Å². The average Bonchev–Trinajstić information content (AvgIpc) is 3.11. The van der Waals surface area contributed by atoms with E-state index >= 15 is 0 Å². The van der Waals surface area contributed by atoms with Crippen molar-refractivity contribution in [3.63, 3.8) is 0 Å². The predicted molar refractivity (Wildman–Crippen MR) is 97.8 cm³/mol. The Morgan fingerprint density at radius 3 is 2.81 bits per heavy atom. The Labute approximate surface area is 149 Å². The van der Waals surface area contributed by atoms with Crippen LogP contribution >= 0.6 is 0 Å². The molecule has 134 valence electrons. The van der Waals surface area contributed by atoms with Gasteiger partial charge in [-0.25, -0.2) is 14.8 Å². The zero-order valence-corrected chi connectivity index (χ0v) is 14.1. The lowest BCUT2D eigenvalue weighted by Gasteiger charge is -2.19. The summed E-state index contributed by atoms with van der Waals surface area (Å²) >= 11 is 0. The van der Waals surface area contributed by atoms with Crippen molar-refractivity contribution in [2.24, 2.45) is 5.92 Å². The molecular weight excluding hydrogens is 333 g/mol. The molecule has 2 atom stereocenters. The number of aromatic nitrogens is 2. The van der Waals surface area contributed by atoms with E-state index in [4.69, 9.17) is 0 Å². The number of nitrogens with zero attached hydrogens (tertiary/aromatic N) is 1. The monoisotopic (exact) mass is 353 g/mol. The summed E-state index contributed by atoms with van der Waals surface area (Å²) in [7, 11) is 0. The summed E-state index contributed by atoms with van der Waals surface area (Å²) in [6.45, 7) is 2.02. The van der Waals surface area contributed by atoms with Crippen molar-refractivity contribution in [1.29, 1.82) is 0 Å². The van der Waals surface area contributed by atoms with Crippen LogP contribution in [0.2, 0.25) is 0 Å². The largest absolute Gasteiger partial charge is 0.309 e. The second kappa shape index (κ2) is 7.33. The van der Waals surface area contributed by atoms with Gasteiger partial charge in [-0.3, -0.25) is 10.2 Å². The van der Waals surface area contributed by atoms with Gasteiger partial charge in [-0.1, -0.05) is 24.3 Å². The highest BCUT2D eigenvalue weighted by Gasteiger charge is 2.27. The molecule has 0 saturated carbocycles. The fourth-order valence-corrected chi connectivity index (χ4v) is 3.35. The number of para-hydroxylation sites is 1. The number of aromatic amines is 1. The molecule has 1 aliphatic heterocycles. The van der Waals surface area contributed by atoms with Crippen LogP contribution in [0.15, 0.2) is 53.3 Å². The van der Waals surface area contributed by atoms with Gasteiger partial charge in [0.25, 0.3) is 5.56 Å². The van der Waals surface area contributed by atoms with Crippen LogP contribution in [0.5, 0.6) is 0 Å². The Kier molecular flexibility index (Phi) is 4.75. The smallest absolute Gasteiger partial charge is 0.258 e. The Morgan fingerprint density at radius 2 is 1.96 bits per heavy atom. The summed E-state index contributed by atoms with van der Waals surface area (Å²) in [5.41, 5.74) is 8.01. The second-order valence-electron chi connectivity index (χ2n) is 6.48. The second-order valence-corrected chi connectivity index (χ2v) is 6.48. The van der Waals surface area contributed by atoms with E-state index in [0.29, 0.717) is 29.2 Å². The van der Waals surface area contributed by atoms with E-state index in [-0.39, 0.29) is 17.4 Å². The third-order valence-corrected chi connectivity index (χ3v) is 4.68. The molecule has 0 aliphatic carbocycles. The highest BCUT2D eigenvalue weighted by atomic mass is 19.1. The lowest BCUT2D eigenvalue weighted by Crippen LogP contribution is -2.29. The van der Waals surface area contributed by atoms with E-state index in [0.717, 1.165) is 18.7 Å². The van der Waals surface area contributed by atoms with E-state index in [1.165, 1.54) is 12.1 Å². The number of benzene rings is 2. The molecule has 0 radical (unpaired) electrons. The van der Waals surface area contributed by atoms with Gasteiger partial charge in [-0.2, -0.15) is 0 Å². The molecule has 1 aromatic heterocycles. The van der Waals surface area contributed by atoms with Gasteiger partial charge < -0.3 is 10.3 Å². The maximum absolute atomic E-state index is 13.1. The van der Waals surface area contributed by atoms with E-state index < -0.39 is 0 Å². The zero-order chi connectivity index (χ0) is 17.9. The Balaban J connectivity index is 1.41. The van der Waals surface area contributed by atoms with Gasteiger partial charge in [0.15, 0.2) is 0 Å². The van der Waals surface area contributed by atoms with E-state index in [1.807, 2.05) is 18.2 Å². The van der Waals surface area contributed by atoms with Crippen molar-refractivity contribution in [3.8, 4) is 0 Å². The lowest BCUT2D eigenvalue weighted by molar-refractivity contribution is 0.438. The van der Waals surface area contributed by atoms with Gasteiger partial charge in [0.1, 0.15) is 11.6 Å². The summed E-state index contributed by atoms with van der Waals surface area (Å²) in [5, 5.41) is 3.95. The molecule has 2 aromatic carbocycles. The summed E-state index contributed by atoms with van der Waals surface area (Å²) < 4.78 is 13.1. The van der Waals surface area contributed by atoms with Gasteiger partial charge in [-0.05, 0) is 29.8 Å². The van der Waals surface area contributed by atoms with Gasteiger partial charge in [0.2, 0.25) is 0 Å². The van der Waals surface area contributed by atoms with Crippen molar-refractivity contribution in [2.45, 2.75) is 12.6 Å². The first kappa shape index (κ1) is 16.8. The zero-order valence-electron chi connectivity index (χ0n) is 14.1. The molecule has 0 amide bonds. The first-order valence-corrected chi connectivity index (χ1v) is 8.63. The minimum atomic E-state index is -0.235. The van der Waals surface area contributed by atoms with Crippen LogP contribution in [0.1, 0.15) is 17.4 Å². The molecule has 6 nitrogen and oxygen atoms in total. The number of rotatable bonds is 5. The molecule has 3 aromatic rings. The maximum Gasteiger partial charge on any atom is 0.258 e. The van der Waals surface area contributed by atoms with Crippen LogP contribution < -0.4 is 21.7 Å². The molecule has 1 saturated heterocycles. The molecule has 1 fully saturated rings. The number of halogens is 1. The summed E-state index contributed by atoms with van der Waals surface area (Å²) in [4.78, 5) is 19.4. The first-order chi connectivity index (χ1) is 12.7. The van der Waals surface area contributed by atoms with Crippen molar-refractivity contribution in [2.75, 3.05) is 13.1 Å². The predicted octanol–water partition coefficient (Wildman–Crippen LogP) is 1.62. The Hall–Kier alpha value is -2.61. The number of nitrogens with one attached hydrogen (secondary N) is 4. The van der Waals surface area contributed by atoms with Crippen LogP contribution in [-0.2, 0) is 6.54 Å². The average molecular weight is 353 g/mol. The van der Waals surface area contributed by atoms with Crippen LogP contribution in [-0.4, -0.2) is 23.1 Å². The van der Waals surface area contributed by atoms with Crippen molar-refractivity contribution >= 4 is 10.9 Å². The summed E-state index contributed by atoms with van der Waals surface area (Å²) in [6.07, 6.45) is 0. The van der Waals surface area contributed by atoms with Gasteiger partial charge in [-0.15, -0.1) is 0 Å².